The maximum absolute atomic E-state index is 12.8. The first-order valence-corrected chi connectivity index (χ1v) is 8.81. The standard InChI is InChI=1S/C20H19N5O3/c1-13-16(20(28)24(23-13)14-7-3-2-4-8-14)11-21-25-18(12-26)22-17-10-6-5-9-15(17)19(25)27/h2-11,18,22-23,26H,12H2,1H3/b21-11+. The molecule has 2 heterocycles. The number of aliphatic hydroxyl groups excluding tert-OH is 1. The Morgan fingerprint density at radius 1 is 1.11 bits per heavy atom. The minimum absolute atomic E-state index is 0.272. The molecule has 1 amide bonds. The smallest absolute Gasteiger partial charge is 0.280 e. The van der Waals surface area contributed by atoms with Gasteiger partial charge < -0.3 is 10.4 Å². The number of carbonyl (C=O) groups excluding carboxylic acids is 1. The zero-order chi connectivity index (χ0) is 19.7. The van der Waals surface area contributed by atoms with E-state index in [0.717, 1.165) is 5.01 Å². The topological polar surface area (TPSA) is 103 Å². The molecule has 3 aromatic rings. The van der Waals surface area contributed by atoms with Gasteiger partial charge in [-0.25, -0.2) is 9.69 Å². The van der Waals surface area contributed by atoms with Gasteiger partial charge in [-0.2, -0.15) is 5.10 Å². The van der Waals surface area contributed by atoms with Gasteiger partial charge in [0.25, 0.3) is 11.5 Å². The molecule has 0 spiro atoms. The van der Waals surface area contributed by atoms with Crippen molar-refractivity contribution < 1.29 is 9.90 Å². The van der Waals surface area contributed by atoms with Crippen LogP contribution in [0, 0.1) is 6.92 Å². The molecule has 1 aromatic heterocycles. The third-order valence-corrected chi connectivity index (χ3v) is 4.60. The highest BCUT2D eigenvalue weighted by molar-refractivity contribution is 6.02. The third kappa shape index (κ3) is 2.99. The van der Waals surface area contributed by atoms with Gasteiger partial charge in [-0.1, -0.05) is 30.3 Å². The number of aromatic nitrogens is 2. The van der Waals surface area contributed by atoms with Crippen molar-refractivity contribution in [3.8, 4) is 5.69 Å². The maximum Gasteiger partial charge on any atom is 0.280 e. The zero-order valence-corrected chi connectivity index (χ0v) is 15.2. The number of H-pyrrole nitrogens is 1. The molecule has 0 fully saturated rings. The first-order valence-electron chi connectivity index (χ1n) is 8.81. The van der Waals surface area contributed by atoms with E-state index in [2.05, 4.69) is 15.5 Å². The molecular weight excluding hydrogens is 358 g/mol. The highest BCUT2D eigenvalue weighted by atomic mass is 16.3. The number of para-hydroxylation sites is 2. The highest BCUT2D eigenvalue weighted by Gasteiger charge is 2.31. The van der Waals surface area contributed by atoms with Crippen LogP contribution < -0.4 is 10.9 Å². The molecule has 3 N–H and O–H groups in total. The average Bonchev–Trinajstić information content (AvgIpc) is 3.01. The van der Waals surface area contributed by atoms with Crippen molar-refractivity contribution >= 4 is 17.8 Å². The van der Waals surface area contributed by atoms with Crippen LogP contribution in [-0.2, 0) is 0 Å². The van der Waals surface area contributed by atoms with E-state index in [1.54, 1.807) is 25.1 Å². The van der Waals surface area contributed by atoms with E-state index in [4.69, 9.17) is 0 Å². The fourth-order valence-corrected chi connectivity index (χ4v) is 3.15. The Bertz CT molecular complexity index is 1100. The Kier molecular flexibility index (Phi) is 4.54. The third-order valence-electron chi connectivity index (χ3n) is 4.60. The molecular formula is C20H19N5O3. The molecule has 0 radical (unpaired) electrons. The molecule has 1 aliphatic rings. The van der Waals surface area contributed by atoms with Crippen LogP contribution >= 0.6 is 0 Å². The van der Waals surface area contributed by atoms with Crippen molar-refractivity contribution in [2.45, 2.75) is 13.1 Å². The summed E-state index contributed by atoms with van der Waals surface area (Å²) in [6.45, 7) is 1.44. The number of hydrazone groups is 1. The molecule has 142 valence electrons. The molecule has 1 aliphatic heterocycles. The van der Waals surface area contributed by atoms with Gasteiger partial charge in [0, 0.05) is 11.4 Å². The lowest BCUT2D eigenvalue weighted by Crippen LogP contribution is -2.47. The van der Waals surface area contributed by atoms with E-state index >= 15 is 0 Å². The molecule has 0 saturated heterocycles. The number of carbonyl (C=O) groups is 1. The van der Waals surface area contributed by atoms with Crippen LogP contribution in [0.4, 0.5) is 5.69 Å². The molecule has 8 heteroatoms. The minimum atomic E-state index is -0.714. The molecule has 1 atom stereocenters. The fourth-order valence-electron chi connectivity index (χ4n) is 3.15. The Balaban J connectivity index is 1.69. The molecule has 4 rings (SSSR count). The molecule has 2 aromatic carbocycles. The van der Waals surface area contributed by atoms with E-state index in [1.807, 2.05) is 36.4 Å². The monoisotopic (exact) mass is 377 g/mol. The average molecular weight is 377 g/mol. The van der Waals surface area contributed by atoms with Gasteiger partial charge in [0.2, 0.25) is 0 Å². The summed E-state index contributed by atoms with van der Waals surface area (Å²) in [7, 11) is 0. The zero-order valence-electron chi connectivity index (χ0n) is 15.2. The van der Waals surface area contributed by atoms with Crippen molar-refractivity contribution in [1.29, 1.82) is 0 Å². The van der Waals surface area contributed by atoms with E-state index in [0.29, 0.717) is 28.2 Å². The Hall–Kier alpha value is -3.65. The Labute approximate surface area is 160 Å². The number of rotatable bonds is 4. The number of hydrogen-bond donors (Lipinski definition) is 3. The molecule has 8 nitrogen and oxygen atoms in total. The minimum Gasteiger partial charge on any atom is -0.392 e. The predicted molar refractivity (Wildman–Crippen MR) is 106 cm³/mol. The second-order valence-electron chi connectivity index (χ2n) is 6.41. The van der Waals surface area contributed by atoms with Gasteiger partial charge >= 0.3 is 0 Å². The summed E-state index contributed by atoms with van der Waals surface area (Å²) in [5.41, 5.74) is 2.49. The number of aliphatic hydroxyl groups is 1. The summed E-state index contributed by atoms with van der Waals surface area (Å²) in [6, 6.07) is 16.2. The largest absolute Gasteiger partial charge is 0.392 e. The quantitative estimate of drug-likeness (QED) is 0.602. The van der Waals surface area contributed by atoms with Crippen LogP contribution in [-0.4, -0.2) is 44.8 Å². The van der Waals surface area contributed by atoms with Crippen LogP contribution in [0.3, 0.4) is 0 Å². The molecule has 0 aliphatic carbocycles. The van der Waals surface area contributed by atoms with Crippen LogP contribution in [0.5, 0.6) is 0 Å². The number of anilines is 1. The summed E-state index contributed by atoms with van der Waals surface area (Å²) in [6.07, 6.45) is 0.637. The first kappa shape index (κ1) is 17.7. The second-order valence-corrected chi connectivity index (χ2v) is 6.41. The first-order chi connectivity index (χ1) is 13.6. The number of aromatic amines is 1. The van der Waals surface area contributed by atoms with Crippen LogP contribution in [0.2, 0.25) is 0 Å². The van der Waals surface area contributed by atoms with Gasteiger partial charge in [0.1, 0.15) is 6.17 Å². The molecule has 1 unspecified atom stereocenters. The summed E-state index contributed by atoms with van der Waals surface area (Å²) in [5.74, 6) is -0.346. The number of hydrogen-bond acceptors (Lipinski definition) is 5. The normalized spacial score (nSPS) is 16.3. The molecule has 0 bridgehead atoms. The number of nitrogens with zero attached hydrogens (tertiary/aromatic N) is 3. The van der Waals surface area contributed by atoms with E-state index < -0.39 is 6.17 Å². The maximum atomic E-state index is 12.8. The van der Waals surface area contributed by atoms with Gasteiger partial charge in [-0.15, -0.1) is 0 Å². The summed E-state index contributed by atoms with van der Waals surface area (Å²) >= 11 is 0. The van der Waals surface area contributed by atoms with Gasteiger partial charge in [0.15, 0.2) is 0 Å². The lowest BCUT2D eigenvalue weighted by Gasteiger charge is -2.33. The van der Waals surface area contributed by atoms with Crippen molar-refractivity contribution in [2.24, 2.45) is 5.10 Å². The van der Waals surface area contributed by atoms with Crippen molar-refractivity contribution in [3.05, 3.63) is 81.8 Å². The lowest BCUT2D eigenvalue weighted by molar-refractivity contribution is 0.0621. The number of nitrogens with one attached hydrogen (secondary N) is 2. The van der Waals surface area contributed by atoms with E-state index in [9.17, 15) is 14.7 Å². The fraction of sp³-hybridized carbons (Fsp3) is 0.150. The predicted octanol–water partition coefficient (Wildman–Crippen LogP) is 1.69. The van der Waals surface area contributed by atoms with Gasteiger partial charge in [-0.3, -0.25) is 14.7 Å². The number of aryl methyl sites for hydroxylation is 1. The highest BCUT2D eigenvalue weighted by Crippen LogP contribution is 2.25. The van der Waals surface area contributed by atoms with Gasteiger partial charge in [-0.05, 0) is 31.2 Å². The van der Waals surface area contributed by atoms with Crippen LogP contribution in [0.1, 0.15) is 21.6 Å². The lowest BCUT2D eigenvalue weighted by atomic mass is 10.1. The second kappa shape index (κ2) is 7.16. The molecule has 0 saturated carbocycles. The van der Waals surface area contributed by atoms with Crippen LogP contribution in [0.25, 0.3) is 5.69 Å². The van der Waals surface area contributed by atoms with Crippen molar-refractivity contribution in [3.63, 3.8) is 0 Å². The van der Waals surface area contributed by atoms with Gasteiger partial charge in [0.05, 0.1) is 29.6 Å². The number of amides is 1. The summed E-state index contributed by atoms with van der Waals surface area (Å²) < 4.78 is 1.42. The van der Waals surface area contributed by atoms with Crippen LogP contribution in [0.15, 0.2) is 64.5 Å². The Morgan fingerprint density at radius 3 is 2.57 bits per heavy atom. The van der Waals surface area contributed by atoms with E-state index in [-0.39, 0.29) is 18.1 Å². The number of benzene rings is 2. The van der Waals surface area contributed by atoms with Crippen molar-refractivity contribution in [2.75, 3.05) is 11.9 Å². The van der Waals surface area contributed by atoms with E-state index in [1.165, 1.54) is 10.9 Å². The summed E-state index contributed by atoms with van der Waals surface area (Å²) in [5, 5.41) is 21.1. The molecule has 28 heavy (non-hydrogen) atoms. The van der Waals surface area contributed by atoms with Crippen molar-refractivity contribution in [1.82, 2.24) is 14.8 Å². The number of fused-ring (bicyclic) bond motifs is 1. The SMILES string of the molecule is Cc1[nH]n(-c2ccccc2)c(=O)c1/C=N/N1C(=O)c2ccccc2NC1CO. The Morgan fingerprint density at radius 2 is 1.82 bits per heavy atom. The summed E-state index contributed by atoms with van der Waals surface area (Å²) in [4.78, 5) is 25.5.